The summed E-state index contributed by atoms with van der Waals surface area (Å²) in [7, 11) is 3.63. The fourth-order valence-corrected chi connectivity index (χ4v) is 1.19. The van der Waals surface area contributed by atoms with E-state index in [1.165, 1.54) is 12.1 Å². The number of halogens is 1. The molecule has 5 heteroatoms. The molecule has 0 saturated carbocycles. The van der Waals surface area contributed by atoms with Gasteiger partial charge in [-0.05, 0) is 23.2 Å². The summed E-state index contributed by atoms with van der Waals surface area (Å²) in [6.45, 7) is 0.240. The van der Waals surface area contributed by atoms with Gasteiger partial charge in [-0.1, -0.05) is 11.2 Å². The minimum atomic E-state index is -0.293. The molecule has 0 radical (unpaired) electrons. The van der Waals surface area contributed by atoms with Gasteiger partial charge in [0.05, 0.1) is 6.54 Å². The van der Waals surface area contributed by atoms with Gasteiger partial charge < -0.3 is 4.90 Å². The molecular weight excluding hydrogens is 183 g/mol. The van der Waals surface area contributed by atoms with Gasteiger partial charge in [0.15, 0.2) is 0 Å². The third-order valence-electron chi connectivity index (χ3n) is 1.83. The Labute approximate surface area is 81.6 Å². The Bertz CT molecular complexity index is 369. The third-order valence-corrected chi connectivity index (χ3v) is 1.83. The molecule has 0 aliphatic rings. The Morgan fingerprint density at radius 3 is 2.79 bits per heavy atom. The van der Waals surface area contributed by atoms with E-state index in [-0.39, 0.29) is 12.4 Å². The molecule has 0 heterocycles. The quantitative estimate of drug-likeness (QED) is 0.414. The minimum Gasteiger partial charge on any atom is -0.377 e. The molecule has 1 aromatic rings. The Balaban J connectivity index is 3.07. The van der Waals surface area contributed by atoms with Gasteiger partial charge >= 0.3 is 0 Å². The van der Waals surface area contributed by atoms with Crippen molar-refractivity contribution in [3.8, 4) is 0 Å². The Morgan fingerprint density at radius 2 is 2.21 bits per heavy atom. The minimum absolute atomic E-state index is 0.240. The highest BCUT2D eigenvalue weighted by Crippen LogP contribution is 2.20. The third kappa shape index (κ3) is 2.37. The molecule has 4 nitrogen and oxygen atoms in total. The number of anilines is 1. The standard InChI is InChI=1S/C9H11FN4/c1-14(2)9-5-8(10)4-3-7(9)6-12-13-11/h3-5H,6H2,1-2H3. The van der Waals surface area contributed by atoms with Gasteiger partial charge in [0.25, 0.3) is 0 Å². The maximum Gasteiger partial charge on any atom is 0.125 e. The fraction of sp³-hybridized carbons (Fsp3) is 0.333. The van der Waals surface area contributed by atoms with Crippen LogP contribution in [0.2, 0.25) is 0 Å². The van der Waals surface area contributed by atoms with Gasteiger partial charge in [-0.3, -0.25) is 0 Å². The average Bonchev–Trinajstić information content (AvgIpc) is 2.15. The van der Waals surface area contributed by atoms with Gasteiger partial charge in [0, 0.05) is 24.7 Å². The first-order valence-electron chi connectivity index (χ1n) is 4.11. The van der Waals surface area contributed by atoms with Gasteiger partial charge in [0.1, 0.15) is 5.82 Å². The molecule has 14 heavy (non-hydrogen) atoms. The zero-order valence-corrected chi connectivity index (χ0v) is 8.11. The second-order valence-electron chi connectivity index (χ2n) is 3.06. The lowest BCUT2D eigenvalue weighted by Crippen LogP contribution is -2.11. The zero-order chi connectivity index (χ0) is 10.6. The molecular formula is C9H11FN4. The number of hydrogen-bond donors (Lipinski definition) is 0. The molecule has 0 atom stereocenters. The molecule has 0 saturated heterocycles. The molecule has 74 valence electrons. The van der Waals surface area contributed by atoms with Crippen molar-refractivity contribution in [1.82, 2.24) is 0 Å². The number of benzene rings is 1. The van der Waals surface area contributed by atoms with Gasteiger partial charge in [-0.2, -0.15) is 0 Å². The molecule has 0 amide bonds. The SMILES string of the molecule is CN(C)c1cc(F)ccc1CN=[N+]=[N-]. The number of azide groups is 1. The van der Waals surface area contributed by atoms with Crippen LogP contribution in [0, 0.1) is 5.82 Å². The second-order valence-corrected chi connectivity index (χ2v) is 3.06. The molecule has 0 aliphatic carbocycles. The summed E-state index contributed by atoms with van der Waals surface area (Å²) in [5.74, 6) is -0.293. The van der Waals surface area contributed by atoms with E-state index >= 15 is 0 Å². The highest BCUT2D eigenvalue weighted by Gasteiger charge is 2.04. The van der Waals surface area contributed by atoms with Crippen molar-refractivity contribution in [2.45, 2.75) is 6.54 Å². The first kappa shape index (κ1) is 10.3. The molecule has 0 bridgehead atoms. The number of rotatable bonds is 3. The predicted molar refractivity (Wildman–Crippen MR) is 53.6 cm³/mol. The van der Waals surface area contributed by atoms with Gasteiger partial charge in [-0.25, -0.2) is 4.39 Å². The molecule has 0 N–H and O–H groups in total. The largest absolute Gasteiger partial charge is 0.377 e. The summed E-state index contributed by atoms with van der Waals surface area (Å²) in [5, 5.41) is 3.45. The topological polar surface area (TPSA) is 52.0 Å². The van der Waals surface area contributed by atoms with Crippen molar-refractivity contribution in [2.24, 2.45) is 5.11 Å². The predicted octanol–water partition coefficient (Wildman–Crippen LogP) is 2.70. The van der Waals surface area contributed by atoms with Crippen molar-refractivity contribution in [1.29, 1.82) is 0 Å². The molecule has 0 aromatic heterocycles. The van der Waals surface area contributed by atoms with Crippen molar-refractivity contribution in [3.05, 3.63) is 40.0 Å². The van der Waals surface area contributed by atoms with E-state index in [9.17, 15) is 4.39 Å². The van der Waals surface area contributed by atoms with E-state index in [1.54, 1.807) is 11.0 Å². The van der Waals surface area contributed by atoms with Crippen LogP contribution in [0.1, 0.15) is 5.56 Å². The van der Waals surface area contributed by atoms with E-state index in [2.05, 4.69) is 10.0 Å². The molecule has 1 aromatic carbocycles. The van der Waals surface area contributed by atoms with E-state index in [0.29, 0.717) is 0 Å². The molecule has 1 rings (SSSR count). The first-order chi connectivity index (χ1) is 6.65. The van der Waals surface area contributed by atoms with Crippen LogP contribution in [0.4, 0.5) is 10.1 Å². The average molecular weight is 194 g/mol. The van der Waals surface area contributed by atoms with Crippen LogP contribution in [0.25, 0.3) is 10.4 Å². The van der Waals surface area contributed by atoms with Crippen LogP contribution in [-0.4, -0.2) is 14.1 Å². The van der Waals surface area contributed by atoms with Crippen molar-refractivity contribution < 1.29 is 4.39 Å². The lowest BCUT2D eigenvalue weighted by Gasteiger charge is -2.16. The van der Waals surface area contributed by atoms with Crippen LogP contribution in [0.5, 0.6) is 0 Å². The first-order valence-corrected chi connectivity index (χ1v) is 4.11. The van der Waals surface area contributed by atoms with Crippen molar-refractivity contribution in [3.63, 3.8) is 0 Å². The van der Waals surface area contributed by atoms with E-state index < -0.39 is 0 Å². The Hall–Kier alpha value is -1.74. The van der Waals surface area contributed by atoms with Crippen LogP contribution in [0.15, 0.2) is 23.3 Å². The van der Waals surface area contributed by atoms with Gasteiger partial charge in [-0.15, -0.1) is 0 Å². The maximum atomic E-state index is 12.9. The molecule has 0 unspecified atom stereocenters. The number of nitrogens with zero attached hydrogens (tertiary/aromatic N) is 4. The zero-order valence-electron chi connectivity index (χ0n) is 8.11. The second kappa shape index (κ2) is 4.48. The maximum absolute atomic E-state index is 12.9. The van der Waals surface area contributed by atoms with Gasteiger partial charge in [0.2, 0.25) is 0 Å². The molecule has 0 spiro atoms. The Morgan fingerprint density at radius 1 is 1.50 bits per heavy atom. The van der Waals surface area contributed by atoms with Crippen LogP contribution in [-0.2, 0) is 6.54 Å². The summed E-state index contributed by atoms with van der Waals surface area (Å²) in [5.41, 5.74) is 9.73. The molecule has 0 fully saturated rings. The summed E-state index contributed by atoms with van der Waals surface area (Å²) < 4.78 is 12.9. The van der Waals surface area contributed by atoms with Crippen LogP contribution in [0.3, 0.4) is 0 Å². The number of hydrogen-bond acceptors (Lipinski definition) is 2. The summed E-state index contributed by atoms with van der Waals surface area (Å²) >= 11 is 0. The normalized spacial score (nSPS) is 9.36. The monoisotopic (exact) mass is 194 g/mol. The van der Waals surface area contributed by atoms with Crippen LogP contribution < -0.4 is 4.90 Å². The lowest BCUT2D eigenvalue weighted by atomic mass is 10.1. The van der Waals surface area contributed by atoms with E-state index in [4.69, 9.17) is 5.53 Å². The fourth-order valence-electron chi connectivity index (χ4n) is 1.19. The highest BCUT2D eigenvalue weighted by molar-refractivity contribution is 5.52. The van der Waals surface area contributed by atoms with E-state index in [0.717, 1.165) is 11.3 Å². The highest BCUT2D eigenvalue weighted by atomic mass is 19.1. The summed E-state index contributed by atoms with van der Waals surface area (Å²) in [4.78, 5) is 4.45. The lowest BCUT2D eigenvalue weighted by molar-refractivity contribution is 0.626. The summed E-state index contributed by atoms with van der Waals surface area (Å²) in [6.07, 6.45) is 0. The smallest absolute Gasteiger partial charge is 0.125 e. The van der Waals surface area contributed by atoms with Crippen molar-refractivity contribution in [2.75, 3.05) is 19.0 Å². The summed E-state index contributed by atoms with van der Waals surface area (Å²) in [6, 6.07) is 4.40. The van der Waals surface area contributed by atoms with E-state index in [1.807, 2.05) is 14.1 Å². The van der Waals surface area contributed by atoms with Crippen LogP contribution >= 0.6 is 0 Å². The molecule has 0 aliphatic heterocycles. The Kier molecular flexibility index (Phi) is 3.31. The van der Waals surface area contributed by atoms with Crippen molar-refractivity contribution >= 4 is 5.69 Å².